The summed E-state index contributed by atoms with van der Waals surface area (Å²) < 4.78 is 21.7. The fourth-order valence-electron chi connectivity index (χ4n) is 5.68. The Kier molecular flexibility index (Phi) is 4.02. The van der Waals surface area contributed by atoms with Crippen LogP contribution in [0.4, 0.5) is 4.39 Å². The number of benzene rings is 2. The van der Waals surface area contributed by atoms with Crippen LogP contribution in [0.25, 0.3) is 10.9 Å². The maximum Gasteiger partial charge on any atom is 0.125 e. The Hall–Kier alpha value is -2.33. The molecule has 5 rings (SSSR count). The largest absolute Gasteiger partial charge is 0.497 e. The molecule has 2 unspecified atom stereocenters. The number of halogens is 1. The third-order valence-electron chi connectivity index (χ3n) is 7.23. The minimum Gasteiger partial charge on any atom is -0.497 e. The monoisotopic (exact) mass is 378 g/mol. The number of rotatable bonds is 2. The lowest BCUT2D eigenvalue weighted by molar-refractivity contribution is 0.0985. The van der Waals surface area contributed by atoms with Crippen LogP contribution in [0, 0.1) is 11.7 Å². The summed E-state index contributed by atoms with van der Waals surface area (Å²) in [6.07, 6.45) is 3.18. The smallest absolute Gasteiger partial charge is 0.125 e. The lowest BCUT2D eigenvalue weighted by atomic mass is 9.59. The number of hydrogen-bond acceptors (Lipinski definition) is 2. The second-order valence-corrected chi connectivity index (χ2v) is 8.62. The van der Waals surface area contributed by atoms with Gasteiger partial charge in [0.05, 0.1) is 12.6 Å². The van der Waals surface area contributed by atoms with Crippen molar-refractivity contribution >= 4 is 10.9 Å². The number of fused-ring (bicyclic) bond motifs is 4. The van der Waals surface area contributed by atoms with Gasteiger partial charge in [-0.25, -0.2) is 4.39 Å². The zero-order chi connectivity index (χ0) is 19.5. The summed E-state index contributed by atoms with van der Waals surface area (Å²) in [6.45, 7) is 2.19. The Bertz CT molecular complexity index is 1060. The second-order valence-electron chi connectivity index (χ2n) is 8.62. The molecule has 2 aliphatic rings. The molecule has 0 radical (unpaired) electrons. The highest BCUT2D eigenvalue weighted by Crippen LogP contribution is 2.50. The van der Waals surface area contributed by atoms with E-state index >= 15 is 0 Å². The average Bonchev–Trinajstić information content (AvgIpc) is 2.97. The van der Waals surface area contributed by atoms with E-state index < -0.39 is 0 Å². The van der Waals surface area contributed by atoms with Crippen LogP contribution in [0.15, 0.2) is 42.5 Å². The normalized spacial score (nSPS) is 24.8. The lowest BCUT2D eigenvalue weighted by Gasteiger charge is -2.50. The van der Waals surface area contributed by atoms with Crippen LogP contribution in [0.3, 0.4) is 0 Å². The van der Waals surface area contributed by atoms with Crippen molar-refractivity contribution in [2.45, 2.75) is 24.7 Å². The van der Waals surface area contributed by atoms with Crippen LogP contribution in [0.2, 0.25) is 0 Å². The van der Waals surface area contributed by atoms with Crippen molar-refractivity contribution in [1.29, 1.82) is 0 Å². The molecule has 1 fully saturated rings. The predicted octanol–water partition coefficient (Wildman–Crippen LogP) is 4.31. The van der Waals surface area contributed by atoms with Gasteiger partial charge >= 0.3 is 0 Å². The summed E-state index contributed by atoms with van der Waals surface area (Å²) in [5.74, 6) is 1.31. The molecule has 1 aromatic heterocycles. The van der Waals surface area contributed by atoms with Gasteiger partial charge in [-0.1, -0.05) is 12.1 Å². The Morgan fingerprint density at radius 2 is 2.00 bits per heavy atom. The number of likely N-dealkylation sites (tertiary alicyclic amines) is 1. The van der Waals surface area contributed by atoms with Crippen LogP contribution in [-0.4, -0.2) is 36.7 Å². The number of methoxy groups -OCH3 is 1. The number of ether oxygens (including phenoxy) is 1. The summed E-state index contributed by atoms with van der Waals surface area (Å²) in [5, 5.41) is 1.21. The van der Waals surface area contributed by atoms with Gasteiger partial charge in [0.2, 0.25) is 0 Å². The highest BCUT2D eigenvalue weighted by molar-refractivity contribution is 5.86. The molecular formula is C24H27FN2O. The molecule has 0 saturated carbocycles. The van der Waals surface area contributed by atoms with Crippen LogP contribution in [0.5, 0.6) is 5.75 Å². The van der Waals surface area contributed by atoms with Gasteiger partial charge in [0.25, 0.3) is 0 Å². The number of piperidine rings is 1. The van der Waals surface area contributed by atoms with E-state index in [1.54, 1.807) is 19.2 Å². The van der Waals surface area contributed by atoms with E-state index in [1.807, 2.05) is 12.1 Å². The summed E-state index contributed by atoms with van der Waals surface area (Å²) in [5.41, 5.74) is 5.28. The van der Waals surface area contributed by atoms with Crippen LogP contribution >= 0.6 is 0 Å². The quantitative estimate of drug-likeness (QED) is 0.661. The van der Waals surface area contributed by atoms with Crippen molar-refractivity contribution in [3.8, 4) is 5.75 Å². The van der Waals surface area contributed by atoms with Crippen LogP contribution in [0.1, 0.15) is 23.2 Å². The predicted molar refractivity (Wildman–Crippen MR) is 111 cm³/mol. The summed E-state index contributed by atoms with van der Waals surface area (Å²) in [7, 11) is 6.05. The van der Waals surface area contributed by atoms with E-state index in [9.17, 15) is 4.39 Å². The minimum absolute atomic E-state index is 0.106. The van der Waals surface area contributed by atoms with Crippen molar-refractivity contribution in [1.82, 2.24) is 9.47 Å². The molecule has 3 aromatic rings. The van der Waals surface area contributed by atoms with Crippen molar-refractivity contribution in [3.05, 3.63) is 65.1 Å². The first-order chi connectivity index (χ1) is 13.5. The van der Waals surface area contributed by atoms with E-state index in [1.165, 1.54) is 22.2 Å². The van der Waals surface area contributed by atoms with Crippen LogP contribution < -0.4 is 4.74 Å². The minimum atomic E-state index is -0.162. The van der Waals surface area contributed by atoms with E-state index in [0.29, 0.717) is 5.92 Å². The highest BCUT2D eigenvalue weighted by Gasteiger charge is 2.48. The van der Waals surface area contributed by atoms with Gasteiger partial charge in [-0.3, -0.25) is 0 Å². The molecule has 146 valence electrons. The fraction of sp³-hybridized carbons (Fsp3) is 0.417. The molecule has 2 atom stereocenters. The Morgan fingerprint density at radius 1 is 1.14 bits per heavy atom. The maximum absolute atomic E-state index is 13.9. The van der Waals surface area contributed by atoms with Crippen LogP contribution in [-0.2, 0) is 25.3 Å². The molecule has 1 aliphatic carbocycles. The Labute approximate surface area is 165 Å². The van der Waals surface area contributed by atoms with Gasteiger partial charge in [0.1, 0.15) is 11.6 Å². The maximum atomic E-state index is 13.9. The standard InChI is InChI=1S/C24H27FN2O/c1-26-10-9-24(16-5-4-6-19(11-16)28-3)14-23-21(12-17(24)15-26)20-8-7-18(25)13-22(20)27(23)2/h4-8,11,13,17H,9-10,12,14-15H2,1-3H3. The molecule has 1 saturated heterocycles. The molecule has 28 heavy (non-hydrogen) atoms. The Balaban J connectivity index is 1.70. The van der Waals surface area contributed by atoms with E-state index in [0.717, 1.165) is 43.6 Å². The van der Waals surface area contributed by atoms with E-state index in [-0.39, 0.29) is 11.2 Å². The van der Waals surface area contributed by atoms with Crippen molar-refractivity contribution in [3.63, 3.8) is 0 Å². The first-order valence-corrected chi connectivity index (χ1v) is 10.1. The summed E-state index contributed by atoms with van der Waals surface area (Å²) in [4.78, 5) is 2.46. The number of aromatic nitrogens is 1. The average molecular weight is 378 g/mol. The van der Waals surface area contributed by atoms with Gasteiger partial charge in [-0.05, 0) is 80.2 Å². The number of hydrogen-bond donors (Lipinski definition) is 0. The summed E-state index contributed by atoms with van der Waals surface area (Å²) in [6, 6.07) is 13.9. The molecule has 0 bridgehead atoms. The zero-order valence-corrected chi connectivity index (χ0v) is 16.8. The fourth-order valence-corrected chi connectivity index (χ4v) is 5.68. The van der Waals surface area contributed by atoms with Gasteiger partial charge in [0.15, 0.2) is 0 Å². The van der Waals surface area contributed by atoms with Gasteiger partial charge in [0, 0.05) is 30.1 Å². The molecule has 2 aromatic carbocycles. The highest BCUT2D eigenvalue weighted by atomic mass is 19.1. The van der Waals surface area contributed by atoms with Crippen molar-refractivity contribution in [2.75, 3.05) is 27.2 Å². The van der Waals surface area contributed by atoms with E-state index in [4.69, 9.17) is 4.74 Å². The molecule has 4 heteroatoms. The van der Waals surface area contributed by atoms with Crippen molar-refractivity contribution < 1.29 is 9.13 Å². The second kappa shape index (κ2) is 6.35. The molecule has 2 heterocycles. The molecule has 1 aliphatic heterocycles. The molecule has 0 amide bonds. The summed E-state index contributed by atoms with van der Waals surface area (Å²) >= 11 is 0. The first-order valence-electron chi connectivity index (χ1n) is 10.1. The van der Waals surface area contributed by atoms with Crippen molar-refractivity contribution in [2.24, 2.45) is 13.0 Å². The van der Waals surface area contributed by atoms with E-state index in [2.05, 4.69) is 41.8 Å². The topological polar surface area (TPSA) is 17.4 Å². The zero-order valence-electron chi connectivity index (χ0n) is 16.8. The SMILES string of the molecule is COc1cccc(C23CCN(C)CC2Cc2c(n(C)c4cc(F)ccc24)C3)c1. The van der Waals surface area contributed by atoms with Gasteiger partial charge in [-0.15, -0.1) is 0 Å². The molecule has 0 spiro atoms. The lowest BCUT2D eigenvalue weighted by Crippen LogP contribution is -2.53. The van der Waals surface area contributed by atoms with Gasteiger partial charge in [-0.2, -0.15) is 0 Å². The number of nitrogens with zero attached hydrogens (tertiary/aromatic N) is 2. The third kappa shape index (κ3) is 2.51. The first kappa shape index (κ1) is 17.7. The molecule has 3 nitrogen and oxygen atoms in total. The molecular weight excluding hydrogens is 351 g/mol. The Morgan fingerprint density at radius 3 is 2.82 bits per heavy atom. The molecule has 0 N–H and O–H groups in total. The third-order valence-corrected chi connectivity index (χ3v) is 7.23. The number of aryl methyl sites for hydroxylation is 1. The van der Waals surface area contributed by atoms with Gasteiger partial charge < -0.3 is 14.2 Å².